The number of aromatic amines is 2. The Morgan fingerprint density at radius 1 is 1.11 bits per heavy atom. The molecule has 0 bridgehead atoms. The van der Waals surface area contributed by atoms with Crippen LogP contribution in [0, 0.1) is 0 Å². The molecule has 0 aliphatic heterocycles. The molecule has 0 spiro atoms. The van der Waals surface area contributed by atoms with Crippen molar-refractivity contribution in [2.24, 2.45) is 0 Å². The van der Waals surface area contributed by atoms with Crippen molar-refractivity contribution in [1.82, 2.24) is 15.3 Å². The van der Waals surface area contributed by atoms with Crippen LogP contribution in [-0.2, 0) is 6.54 Å². The summed E-state index contributed by atoms with van der Waals surface area (Å²) in [6.07, 6.45) is 0. The fourth-order valence-electron chi connectivity index (χ4n) is 1.48. The molecule has 0 fully saturated rings. The number of aromatic nitrogens is 2. The van der Waals surface area contributed by atoms with Crippen LogP contribution in [0.5, 0.6) is 0 Å². The Kier molecular flexibility index (Phi) is 3.38. The van der Waals surface area contributed by atoms with E-state index in [9.17, 15) is 14.4 Å². The largest absolute Gasteiger partial charge is 0.346 e. The van der Waals surface area contributed by atoms with Gasteiger partial charge >= 0.3 is 5.69 Å². The summed E-state index contributed by atoms with van der Waals surface area (Å²) in [5.74, 6) is -0.267. The molecule has 0 radical (unpaired) electrons. The van der Waals surface area contributed by atoms with Gasteiger partial charge in [-0.2, -0.15) is 0 Å². The minimum absolute atomic E-state index is 0.0902. The first-order valence-electron chi connectivity index (χ1n) is 5.31. The molecule has 2 rings (SSSR count). The lowest BCUT2D eigenvalue weighted by molar-refractivity contribution is 0.0950. The molecule has 1 aromatic carbocycles. The molecule has 6 nitrogen and oxygen atoms in total. The van der Waals surface area contributed by atoms with E-state index in [0.717, 1.165) is 0 Å². The third-order valence-corrected chi connectivity index (χ3v) is 2.29. The van der Waals surface area contributed by atoms with Crippen LogP contribution in [-0.4, -0.2) is 15.9 Å². The van der Waals surface area contributed by atoms with E-state index in [-0.39, 0.29) is 12.5 Å². The Labute approximate surface area is 102 Å². The first-order valence-corrected chi connectivity index (χ1v) is 5.31. The lowest BCUT2D eigenvalue weighted by Crippen LogP contribution is -2.28. The number of carbonyl (C=O) groups is 1. The van der Waals surface area contributed by atoms with Gasteiger partial charge in [-0.25, -0.2) is 4.79 Å². The SMILES string of the molecule is O=C(NCc1cc(=O)[nH]c(=O)[nH]1)c1ccccc1. The first kappa shape index (κ1) is 11.8. The van der Waals surface area contributed by atoms with E-state index in [1.807, 2.05) is 6.07 Å². The fraction of sp³-hybridized carbons (Fsp3) is 0.0833. The highest BCUT2D eigenvalue weighted by molar-refractivity contribution is 5.93. The van der Waals surface area contributed by atoms with Crippen molar-refractivity contribution >= 4 is 5.91 Å². The molecule has 1 amide bonds. The van der Waals surface area contributed by atoms with E-state index in [2.05, 4.69) is 15.3 Å². The standard InChI is InChI=1S/C12H11N3O3/c16-10-6-9(14-12(18)15-10)7-13-11(17)8-4-2-1-3-5-8/h1-6H,7H2,(H,13,17)(H2,14,15,16,18). The first-order chi connectivity index (χ1) is 8.65. The highest BCUT2D eigenvalue weighted by atomic mass is 16.2. The number of nitrogens with one attached hydrogen (secondary N) is 3. The number of hydrogen-bond donors (Lipinski definition) is 3. The molecule has 18 heavy (non-hydrogen) atoms. The molecular formula is C12H11N3O3. The van der Waals surface area contributed by atoms with Crippen LogP contribution in [0.3, 0.4) is 0 Å². The number of carbonyl (C=O) groups excluding carboxylic acids is 1. The predicted molar refractivity (Wildman–Crippen MR) is 65.3 cm³/mol. The summed E-state index contributed by atoms with van der Waals surface area (Å²) in [6.45, 7) is 0.0902. The average Bonchev–Trinajstić information content (AvgIpc) is 2.36. The van der Waals surface area contributed by atoms with Gasteiger partial charge in [-0.3, -0.25) is 14.6 Å². The third-order valence-electron chi connectivity index (χ3n) is 2.29. The second-order valence-electron chi connectivity index (χ2n) is 3.66. The van der Waals surface area contributed by atoms with Gasteiger partial charge in [0.25, 0.3) is 11.5 Å². The van der Waals surface area contributed by atoms with Gasteiger partial charge in [0.15, 0.2) is 0 Å². The molecule has 92 valence electrons. The molecule has 0 unspecified atom stereocenters. The van der Waals surface area contributed by atoms with E-state index in [4.69, 9.17) is 0 Å². The topological polar surface area (TPSA) is 94.8 Å². The quantitative estimate of drug-likeness (QED) is 0.710. The smallest absolute Gasteiger partial charge is 0.325 e. The Hall–Kier alpha value is -2.63. The van der Waals surface area contributed by atoms with Crippen LogP contribution in [0.1, 0.15) is 16.1 Å². The molecule has 3 N–H and O–H groups in total. The summed E-state index contributed by atoms with van der Waals surface area (Å²) >= 11 is 0. The van der Waals surface area contributed by atoms with Crippen molar-refractivity contribution in [2.45, 2.75) is 6.54 Å². The number of benzene rings is 1. The van der Waals surface area contributed by atoms with E-state index in [0.29, 0.717) is 11.3 Å². The highest BCUT2D eigenvalue weighted by Gasteiger charge is 2.04. The Balaban J connectivity index is 2.06. The normalized spacial score (nSPS) is 10.0. The van der Waals surface area contributed by atoms with Gasteiger partial charge < -0.3 is 10.3 Å². The van der Waals surface area contributed by atoms with Gasteiger partial charge in [0.1, 0.15) is 0 Å². The molecule has 1 aromatic heterocycles. The molecule has 0 atom stereocenters. The van der Waals surface area contributed by atoms with Gasteiger partial charge in [0, 0.05) is 17.3 Å². The van der Waals surface area contributed by atoms with Crippen molar-refractivity contribution in [3.05, 3.63) is 68.5 Å². The van der Waals surface area contributed by atoms with Crippen molar-refractivity contribution in [1.29, 1.82) is 0 Å². The second kappa shape index (κ2) is 5.13. The summed E-state index contributed by atoms with van der Waals surface area (Å²) in [4.78, 5) is 38.2. The summed E-state index contributed by atoms with van der Waals surface area (Å²) < 4.78 is 0. The number of hydrogen-bond acceptors (Lipinski definition) is 3. The van der Waals surface area contributed by atoms with Gasteiger partial charge in [-0.15, -0.1) is 0 Å². The zero-order valence-corrected chi connectivity index (χ0v) is 9.40. The summed E-state index contributed by atoms with van der Waals surface area (Å²) in [5.41, 5.74) is -0.216. The summed E-state index contributed by atoms with van der Waals surface area (Å²) in [5, 5.41) is 2.61. The minimum atomic E-state index is -0.591. The van der Waals surface area contributed by atoms with Crippen molar-refractivity contribution in [3.8, 4) is 0 Å². The van der Waals surface area contributed by atoms with E-state index >= 15 is 0 Å². The van der Waals surface area contributed by atoms with Gasteiger partial charge in [-0.1, -0.05) is 18.2 Å². The highest BCUT2D eigenvalue weighted by Crippen LogP contribution is 1.98. The van der Waals surface area contributed by atoms with Gasteiger partial charge in [0.05, 0.1) is 6.54 Å². The maximum atomic E-state index is 11.7. The lowest BCUT2D eigenvalue weighted by atomic mass is 10.2. The summed E-state index contributed by atoms with van der Waals surface area (Å²) in [6, 6.07) is 9.90. The van der Waals surface area contributed by atoms with Crippen LogP contribution >= 0.6 is 0 Å². The molecule has 0 saturated carbocycles. The van der Waals surface area contributed by atoms with Crippen molar-refractivity contribution < 1.29 is 4.79 Å². The second-order valence-corrected chi connectivity index (χ2v) is 3.66. The number of rotatable bonds is 3. The molecule has 6 heteroatoms. The van der Waals surface area contributed by atoms with Crippen LogP contribution < -0.4 is 16.6 Å². The number of amides is 1. The monoisotopic (exact) mass is 245 g/mol. The van der Waals surface area contributed by atoms with Crippen LogP contribution in [0.4, 0.5) is 0 Å². The zero-order valence-electron chi connectivity index (χ0n) is 9.40. The van der Waals surface area contributed by atoms with E-state index < -0.39 is 11.2 Å². The molecular weight excluding hydrogens is 234 g/mol. The fourth-order valence-corrected chi connectivity index (χ4v) is 1.48. The van der Waals surface area contributed by atoms with Crippen LogP contribution in [0.25, 0.3) is 0 Å². The van der Waals surface area contributed by atoms with E-state index in [1.165, 1.54) is 6.07 Å². The molecule has 2 aromatic rings. The molecule has 0 saturated heterocycles. The summed E-state index contributed by atoms with van der Waals surface area (Å²) in [7, 11) is 0. The maximum Gasteiger partial charge on any atom is 0.325 e. The average molecular weight is 245 g/mol. The van der Waals surface area contributed by atoms with Crippen LogP contribution in [0.15, 0.2) is 46.0 Å². The van der Waals surface area contributed by atoms with Crippen LogP contribution in [0.2, 0.25) is 0 Å². The Morgan fingerprint density at radius 3 is 2.50 bits per heavy atom. The third kappa shape index (κ3) is 2.94. The van der Waals surface area contributed by atoms with Crippen molar-refractivity contribution in [2.75, 3.05) is 0 Å². The van der Waals surface area contributed by atoms with Gasteiger partial charge in [0.2, 0.25) is 0 Å². The number of H-pyrrole nitrogens is 2. The van der Waals surface area contributed by atoms with E-state index in [1.54, 1.807) is 24.3 Å². The molecule has 1 heterocycles. The molecule has 0 aliphatic rings. The zero-order chi connectivity index (χ0) is 13.0. The minimum Gasteiger partial charge on any atom is -0.346 e. The Bertz CT molecular complexity index is 630. The lowest BCUT2D eigenvalue weighted by Gasteiger charge is -2.04. The Morgan fingerprint density at radius 2 is 1.83 bits per heavy atom. The molecule has 0 aliphatic carbocycles. The maximum absolute atomic E-state index is 11.7. The van der Waals surface area contributed by atoms with Gasteiger partial charge in [-0.05, 0) is 12.1 Å². The predicted octanol–water partition coefficient (Wildman–Crippen LogP) is -0.00680. The van der Waals surface area contributed by atoms with Crippen molar-refractivity contribution in [3.63, 3.8) is 0 Å².